The quantitative estimate of drug-likeness (QED) is 0.846. The maximum atomic E-state index is 5.98. The van der Waals surface area contributed by atoms with Crippen LogP contribution in [0.5, 0.6) is 0 Å². The van der Waals surface area contributed by atoms with Crippen LogP contribution in [0.1, 0.15) is 44.2 Å². The van der Waals surface area contributed by atoms with Crippen molar-refractivity contribution in [3.05, 3.63) is 18.0 Å². The molecule has 1 aliphatic rings. The van der Waals surface area contributed by atoms with E-state index >= 15 is 0 Å². The molecule has 0 aromatic carbocycles. The van der Waals surface area contributed by atoms with E-state index in [0.29, 0.717) is 18.6 Å². The van der Waals surface area contributed by atoms with E-state index in [9.17, 15) is 0 Å². The van der Waals surface area contributed by atoms with Gasteiger partial charge in [-0.25, -0.2) is 0 Å². The van der Waals surface area contributed by atoms with Gasteiger partial charge in [0.15, 0.2) is 0 Å². The van der Waals surface area contributed by atoms with E-state index in [1.165, 1.54) is 31.2 Å². The first-order valence-electron chi connectivity index (χ1n) is 6.70. The minimum absolute atomic E-state index is 0.330. The summed E-state index contributed by atoms with van der Waals surface area (Å²) in [6.07, 6.45) is 9.43. The van der Waals surface area contributed by atoms with Crippen LogP contribution in [0.3, 0.4) is 0 Å². The van der Waals surface area contributed by atoms with Crippen molar-refractivity contribution in [2.45, 2.75) is 44.7 Å². The zero-order chi connectivity index (χ0) is 12.3. The maximum absolute atomic E-state index is 5.98. The van der Waals surface area contributed by atoms with Gasteiger partial charge in [0.2, 0.25) is 0 Å². The Hall–Kier alpha value is -0.870. The van der Waals surface area contributed by atoms with Gasteiger partial charge in [0, 0.05) is 31.4 Å². The van der Waals surface area contributed by atoms with Crippen molar-refractivity contribution >= 4 is 0 Å². The van der Waals surface area contributed by atoms with Crippen LogP contribution < -0.4 is 5.73 Å². The second kappa shape index (κ2) is 5.65. The molecule has 1 aliphatic carbocycles. The third-order valence-electron chi connectivity index (χ3n) is 3.89. The van der Waals surface area contributed by atoms with Gasteiger partial charge in [0.25, 0.3) is 0 Å². The Kier molecular flexibility index (Phi) is 4.18. The molecule has 0 aliphatic heterocycles. The summed E-state index contributed by atoms with van der Waals surface area (Å²) in [5, 5.41) is 4.26. The van der Waals surface area contributed by atoms with Gasteiger partial charge in [0.1, 0.15) is 0 Å². The highest BCUT2D eigenvalue weighted by atomic mass is 15.3. The van der Waals surface area contributed by atoms with Crippen LogP contribution in [0.4, 0.5) is 0 Å². The first-order valence-corrected chi connectivity index (χ1v) is 6.70. The highest BCUT2D eigenvalue weighted by Crippen LogP contribution is 2.30. The van der Waals surface area contributed by atoms with E-state index in [0.717, 1.165) is 6.54 Å². The minimum Gasteiger partial charge on any atom is -0.329 e. The predicted molar refractivity (Wildman–Crippen MR) is 69.6 cm³/mol. The average molecular weight is 236 g/mol. The van der Waals surface area contributed by atoms with Gasteiger partial charge in [-0.2, -0.15) is 5.10 Å². The van der Waals surface area contributed by atoms with E-state index in [2.05, 4.69) is 23.1 Å². The van der Waals surface area contributed by atoms with Crippen molar-refractivity contribution in [2.75, 3.05) is 13.1 Å². The number of aryl methyl sites for hydroxylation is 1. The van der Waals surface area contributed by atoms with Gasteiger partial charge >= 0.3 is 0 Å². The average Bonchev–Trinajstić information content (AvgIpc) is 2.96. The Morgan fingerprint density at radius 3 is 2.71 bits per heavy atom. The van der Waals surface area contributed by atoms with Crippen LogP contribution in [0.25, 0.3) is 0 Å². The summed E-state index contributed by atoms with van der Waals surface area (Å²) in [4.78, 5) is 2.56. The molecule has 1 atom stereocenters. The lowest BCUT2D eigenvalue weighted by molar-refractivity contribution is 0.147. The molecular weight excluding hydrogens is 212 g/mol. The molecule has 0 bridgehead atoms. The summed E-state index contributed by atoms with van der Waals surface area (Å²) < 4.78 is 1.86. The lowest BCUT2D eigenvalue weighted by Crippen LogP contribution is -2.40. The van der Waals surface area contributed by atoms with Crippen molar-refractivity contribution in [2.24, 2.45) is 12.8 Å². The fourth-order valence-electron chi connectivity index (χ4n) is 3.04. The molecule has 4 heteroatoms. The predicted octanol–water partition coefficient (Wildman–Crippen LogP) is 1.68. The maximum Gasteiger partial charge on any atom is 0.0538 e. The summed E-state index contributed by atoms with van der Waals surface area (Å²) >= 11 is 0. The molecule has 1 saturated carbocycles. The second-order valence-corrected chi connectivity index (χ2v) is 4.97. The van der Waals surface area contributed by atoms with Crippen molar-refractivity contribution < 1.29 is 0 Å². The van der Waals surface area contributed by atoms with Crippen molar-refractivity contribution in [3.63, 3.8) is 0 Å². The molecule has 1 aromatic heterocycles. The minimum atomic E-state index is 0.330. The summed E-state index contributed by atoms with van der Waals surface area (Å²) in [6.45, 7) is 3.98. The van der Waals surface area contributed by atoms with Gasteiger partial charge in [0.05, 0.1) is 12.2 Å². The van der Waals surface area contributed by atoms with Crippen molar-refractivity contribution in [3.8, 4) is 0 Å². The van der Waals surface area contributed by atoms with Crippen LogP contribution in [0.2, 0.25) is 0 Å². The van der Waals surface area contributed by atoms with E-state index in [1.807, 2.05) is 17.9 Å². The molecular formula is C13H24N4. The zero-order valence-corrected chi connectivity index (χ0v) is 11.0. The molecule has 1 unspecified atom stereocenters. The van der Waals surface area contributed by atoms with Gasteiger partial charge < -0.3 is 5.73 Å². The molecule has 0 saturated heterocycles. The third kappa shape index (κ3) is 2.69. The van der Waals surface area contributed by atoms with Crippen LogP contribution in [0, 0.1) is 0 Å². The summed E-state index contributed by atoms with van der Waals surface area (Å²) in [6, 6.07) is 1.05. The highest BCUT2D eigenvalue weighted by molar-refractivity contribution is 5.12. The van der Waals surface area contributed by atoms with Crippen LogP contribution in [0.15, 0.2) is 12.4 Å². The molecule has 0 radical (unpaired) electrons. The first kappa shape index (κ1) is 12.6. The molecule has 96 valence electrons. The van der Waals surface area contributed by atoms with Crippen molar-refractivity contribution in [1.29, 1.82) is 0 Å². The van der Waals surface area contributed by atoms with Gasteiger partial charge in [-0.1, -0.05) is 19.8 Å². The lowest BCUT2D eigenvalue weighted by Gasteiger charge is -2.34. The molecule has 17 heavy (non-hydrogen) atoms. The molecule has 0 spiro atoms. The van der Waals surface area contributed by atoms with Crippen LogP contribution in [-0.2, 0) is 7.05 Å². The number of nitrogens with zero attached hydrogens (tertiary/aromatic N) is 3. The topological polar surface area (TPSA) is 47.1 Å². The largest absolute Gasteiger partial charge is 0.329 e. The third-order valence-corrected chi connectivity index (χ3v) is 3.89. The normalized spacial score (nSPS) is 19.1. The fourth-order valence-corrected chi connectivity index (χ4v) is 3.04. The standard InChI is InChI=1S/C13H24N4/c1-3-17(12-6-4-5-7-12)13(8-14)11-9-15-16(2)10-11/h9-10,12-13H,3-8,14H2,1-2H3. The molecule has 1 aromatic rings. The molecule has 0 amide bonds. The lowest BCUT2D eigenvalue weighted by atomic mass is 10.1. The molecule has 4 nitrogen and oxygen atoms in total. The number of aromatic nitrogens is 2. The summed E-state index contributed by atoms with van der Waals surface area (Å²) in [5.41, 5.74) is 7.23. The molecule has 2 rings (SSSR count). The first-order chi connectivity index (χ1) is 8.26. The smallest absolute Gasteiger partial charge is 0.0538 e. The van der Waals surface area contributed by atoms with E-state index in [1.54, 1.807) is 0 Å². The fraction of sp³-hybridized carbons (Fsp3) is 0.769. The molecule has 1 heterocycles. The Morgan fingerprint density at radius 2 is 2.24 bits per heavy atom. The number of hydrogen-bond donors (Lipinski definition) is 1. The zero-order valence-electron chi connectivity index (χ0n) is 11.0. The number of rotatable bonds is 5. The number of hydrogen-bond acceptors (Lipinski definition) is 3. The molecule has 2 N–H and O–H groups in total. The van der Waals surface area contributed by atoms with Crippen molar-refractivity contribution in [1.82, 2.24) is 14.7 Å². The van der Waals surface area contributed by atoms with Gasteiger partial charge in [-0.05, 0) is 19.4 Å². The number of likely N-dealkylation sites (N-methyl/N-ethyl adjacent to an activating group) is 1. The Bertz CT molecular complexity index is 341. The molecule has 1 fully saturated rings. The van der Waals surface area contributed by atoms with E-state index in [4.69, 9.17) is 5.73 Å². The monoisotopic (exact) mass is 236 g/mol. The Labute approximate surface area is 104 Å². The second-order valence-electron chi connectivity index (χ2n) is 4.97. The van der Waals surface area contributed by atoms with Crippen LogP contribution in [-0.4, -0.2) is 33.8 Å². The SMILES string of the molecule is CCN(C1CCCC1)C(CN)c1cnn(C)c1. The van der Waals surface area contributed by atoms with Crippen LogP contribution >= 0.6 is 0 Å². The Morgan fingerprint density at radius 1 is 1.53 bits per heavy atom. The summed E-state index contributed by atoms with van der Waals surface area (Å²) in [7, 11) is 1.96. The van der Waals surface area contributed by atoms with E-state index in [-0.39, 0.29) is 0 Å². The van der Waals surface area contributed by atoms with Gasteiger partial charge in [-0.3, -0.25) is 9.58 Å². The number of nitrogens with two attached hydrogens (primary N) is 1. The van der Waals surface area contributed by atoms with E-state index < -0.39 is 0 Å². The summed E-state index contributed by atoms with van der Waals surface area (Å²) in [5.74, 6) is 0. The van der Waals surface area contributed by atoms with Gasteiger partial charge in [-0.15, -0.1) is 0 Å². The highest BCUT2D eigenvalue weighted by Gasteiger charge is 2.28. The Balaban J connectivity index is 2.14.